The van der Waals surface area contributed by atoms with Gasteiger partial charge in [-0.05, 0) is 13.0 Å². The van der Waals surface area contributed by atoms with E-state index in [9.17, 15) is 0 Å². The second kappa shape index (κ2) is 7.14. The van der Waals surface area contributed by atoms with Crippen molar-refractivity contribution in [2.45, 2.75) is 13.0 Å². The lowest BCUT2D eigenvalue weighted by Crippen LogP contribution is -1.99. The molecule has 0 aromatic carbocycles. The van der Waals surface area contributed by atoms with Crippen molar-refractivity contribution < 1.29 is 9.47 Å². The first-order valence-corrected chi connectivity index (χ1v) is 4.48. The van der Waals surface area contributed by atoms with Gasteiger partial charge in [0.05, 0.1) is 0 Å². The summed E-state index contributed by atoms with van der Waals surface area (Å²) >= 11 is 0. The highest BCUT2D eigenvalue weighted by Crippen LogP contribution is 1.78. The van der Waals surface area contributed by atoms with Crippen molar-refractivity contribution in [3.05, 3.63) is 0 Å². The lowest BCUT2D eigenvalue weighted by Gasteiger charge is -1.99. The maximum absolute atomic E-state index is 5.04. The third kappa shape index (κ3) is 6.14. The molecule has 0 aromatic heterocycles. The van der Waals surface area contributed by atoms with Crippen LogP contribution in [0.15, 0.2) is 0 Å². The molecule has 0 amide bonds. The fraction of sp³-hybridized carbons (Fsp3) is 1.00. The molecule has 0 aromatic rings. The van der Waals surface area contributed by atoms with Gasteiger partial charge in [0, 0.05) is 23.5 Å². The molecule has 2 nitrogen and oxygen atoms in total. The van der Waals surface area contributed by atoms with E-state index in [-0.39, 0.29) is 0 Å². The van der Waals surface area contributed by atoms with E-state index in [1.165, 1.54) is 16.3 Å². The molecule has 3 heteroatoms. The lowest BCUT2D eigenvalue weighted by atomic mass is 10.8. The zero-order valence-electron chi connectivity index (χ0n) is 5.64. The SMILES string of the molecule is CCOCOCC[SiH3]. The van der Waals surface area contributed by atoms with Gasteiger partial charge in [0.1, 0.15) is 6.79 Å². The van der Waals surface area contributed by atoms with E-state index in [0.717, 1.165) is 13.2 Å². The highest BCUT2D eigenvalue weighted by Gasteiger charge is 1.80. The van der Waals surface area contributed by atoms with Crippen LogP contribution in [0, 0.1) is 0 Å². The Morgan fingerprint density at radius 2 is 2.12 bits per heavy atom. The van der Waals surface area contributed by atoms with Crippen LogP contribution in [0.2, 0.25) is 6.04 Å². The first kappa shape index (κ1) is 8.14. The zero-order valence-corrected chi connectivity index (χ0v) is 7.64. The Hall–Kier alpha value is 0.137. The molecule has 0 atom stereocenters. The molecule has 0 aliphatic carbocycles. The summed E-state index contributed by atoms with van der Waals surface area (Å²) in [5.74, 6) is 0. The molecule has 0 bridgehead atoms. The van der Waals surface area contributed by atoms with E-state index in [4.69, 9.17) is 9.47 Å². The van der Waals surface area contributed by atoms with Gasteiger partial charge in [-0.15, -0.1) is 0 Å². The maximum Gasteiger partial charge on any atom is 0.146 e. The molecule has 0 saturated heterocycles. The molecule has 0 heterocycles. The third-order valence-electron chi connectivity index (χ3n) is 0.719. The van der Waals surface area contributed by atoms with Crippen LogP contribution < -0.4 is 0 Å². The zero-order chi connectivity index (χ0) is 6.24. The summed E-state index contributed by atoms with van der Waals surface area (Å²) in [4.78, 5) is 0. The van der Waals surface area contributed by atoms with Gasteiger partial charge in [-0.2, -0.15) is 0 Å². The van der Waals surface area contributed by atoms with Crippen LogP contribution in [0.3, 0.4) is 0 Å². The second-order valence-electron chi connectivity index (χ2n) is 1.52. The summed E-state index contributed by atoms with van der Waals surface area (Å²) in [6.07, 6.45) is 0. The van der Waals surface area contributed by atoms with Gasteiger partial charge >= 0.3 is 0 Å². The highest BCUT2D eigenvalue weighted by atomic mass is 28.1. The second-order valence-corrected chi connectivity index (χ2v) is 2.52. The minimum atomic E-state index is 0.471. The van der Waals surface area contributed by atoms with E-state index in [1.54, 1.807) is 0 Å². The number of hydrogen-bond donors (Lipinski definition) is 0. The average Bonchev–Trinajstić information content (AvgIpc) is 1.81. The molecule has 0 N–H and O–H groups in total. The van der Waals surface area contributed by atoms with Gasteiger partial charge in [-0.1, -0.05) is 0 Å². The van der Waals surface area contributed by atoms with Gasteiger partial charge in [-0.25, -0.2) is 0 Å². The van der Waals surface area contributed by atoms with Crippen molar-refractivity contribution in [2.24, 2.45) is 0 Å². The molecule has 0 spiro atoms. The third-order valence-corrected chi connectivity index (χ3v) is 1.13. The van der Waals surface area contributed by atoms with E-state index in [1.807, 2.05) is 6.92 Å². The van der Waals surface area contributed by atoms with Gasteiger partial charge < -0.3 is 9.47 Å². The summed E-state index contributed by atoms with van der Waals surface area (Å²) in [5, 5.41) is 0. The minimum Gasteiger partial charge on any atom is -0.356 e. The van der Waals surface area contributed by atoms with Crippen LogP contribution in [0.1, 0.15) is 6.92 Å². The van der Waals surface area contributed by atoms with Crippen molar-refractivity contribution in [3.63, 3.8) is 0 Å². The molecule has 0 aliphatic heterocycles. The van der Waals surface area contributed by atoms with E-state index in [0.29, 0.717) is 6.79 Å². The van der Waals surface area contributed by atoms with Crippen molar-refractivity contribution >= 4 is 10.2 Å². The van der Waals surface area contributed by atoms with Crippen LogP contribution in [0.4, 0.5) is 0 Å². The van der Waals surface area contributed by atoms with Crippen LogP contribution in [0.25, 0.3) is 0 Å². The van der Waals surface area contributed by atoms with Crippen molar-refractivity contribution in [1.29, 1.82) is 0 Å². The van der Waals surface area contributed by atoms with Crippen LogP contribution in [0.5, 0.6) is 0 Å². The Balaban J connectivity index is 2.53. The van der Waals surface area contributed by atoms with Crippen LogP contribution >= 0.6 is 0 Å². The van der Waals surface area contributed by atoms with Gasteiger partial charge in [0.25, 0.3) is 0 Å². The largest absolute Gasteiger partial charge is 0.356 e. The van der Waals surface area contributed by atoms with E-state index in [2.05, 4.69) is 0 Å². The van der Waals surface area contributed by atoms with Crippen molar-refractivity contribution in [1.82, 2.24) is 0 Å². The Morgan fingerprint density at radius 1 is 1.38 bits per heavy atom. The first-order chi connectivity index (χ1) is 3.91. The number of rotatable bonds is 5. The standard InChI is InChI=1S/C5H14O2Si/c1-2-6-5-7-3-4-8/h2-5H2,1,8H3. The summed E-state index contributed by atoms with van der Waals surface area (Å²) < 4.78 is 9.96. The maximum atomic E-state index is 5.04. The fourth-order valence-corrected chi connectivity index (χ4v) is 0.634. The van der Waals surface area contributed by atoms with Crippen molar-refractivity contribution in [3.8, 4) is 0 Å². The van der Waals surface area contributed by atoms with E-state index < -0.39 is 0 Å². The molecule has 0 unspecified atom stereocenters. The molecule has 50 valence electrons. The molecular formula is C5H14O2Si. The number of ether oxygens (including phenoxy) is 2. The normalized spacial score (nSPS) is 10.1. The first-order valence-electron chi connectivity index (χ1n) is 3.07. The molecule has 0 fully saturated rings. The molecule has 0 radical (unpaired) electrons. The smallest absolute Gasteiger partial charge is 0.146 e. The van der Waals surface area contributed by atoms with Gasteiger partial charge in [0.15, 0.2) is 0 Å². The van der Waals surface area contributed by atoms with Crippen LogP contribution in [-0.4, -0.2) is 30.2 Å². The molecule has 0 rings (SSSR count). The molecule has 0 aliphatic rings. The van der Waals surface area contributed by atoms with Gasteiger partial charge in [0.2, 0.25) is 0 Å². The predicted molar refractivity (Wildman–Crippen MR) is 37.2 cm³/mol. The van der Waals surface area contributed by atoms with Crippen molar-refractivity contribution in [2.75, 3.05) is 20.0 Å². The number of hydrogen-bond acceptors (Lipinski definition) is 2. The summed E-state index contributed by atoms with van der Waals surface area (Å²) in [6.45, 7) is 4.05. The summed E-state index contributed by atoms with van der Waals surface area (Å²) in [5.41, 5.74) is 0. The molecule has 8 heavy (non-hydrogen) atoms. The average molecular weight is 134 g/mol. The Morgan fingerprint density at radius 3 is 2.62 bits per heavy atom. The monoisotopic (exact) mass is 134 g/mol. The lowest BCUT2D eigenvalue weighted by molar-refractivity contribution is -0.0443. The fourth-order valence-electron chi connectivity index (χ4n) is 0.346. The van der Waals surface area contributed by atoms with Crippen LogP contribution in [-0.2, 0) is 9.47 Å². The Kier molecular flexibility index (Phi) is 7.26. The quantitative estimate of drug-likeness (QED) is 0.294. The minimum absolute atomic E-state index is 0.471. The molecule has 0 saturated carbocycles. The summed E-state index contributed by atoms with van der Waals surface area (Å²) in [7, 11) is 1.23. The van der Waals surface area contributed by atoms with E-state index >= 15 is 0 Å². The highest BCUT2D eigenvalue weighted by molar-refractivity contribution is 6.08. The van der Waals surface area contributed by atoms with Gasteiger partial charge in [-0.3, -0.25) is 0 Å². The summed E-state index contributed by atoms with van der Waals surface area (Å²) in [6, 6.07) is 1.20. The Bertz CT molecular complexity index is 35.4. The molecular weight excluding hydrogens is 120 g/mol. The topological polar surface area (TPSA) is 18.5 Å². The Labute approximate surface area is 53.6 Å². The predicted octanol–water partition coefficient (Wildman–Crippen LogP) is -0.219.